The summed E-state index contributed by atoms with van der Waals surface area (Å²) in [6.45, 7) is 5.45. The largest absolute Gasteiger partial charge is 0.505 e. The lowest BCUT2D eigenvalue weighted by Gasteiger charge is -2.17. The van der Waals surface area contributed by atoms with E-state index in [9.17, 15) is 19.1 Å². The van der Waals surface area contributed by atoms with Crippen LogP contribution in [0.1, 0.15) is 25.3 Å². The molecule has 4 rings (SSSR count). The second-order valence-corrected chi connectivity index (χ2v) is 8.82. The molecule has 0 heterocycles. The third-order valence-corrected chi connectivity index (χ3v) is 6.36. The first kappa shape index (κ1) is 27.2. The van der Waals surface area contributed by atoms with E-state index in [4.69, 9.17) is 14.2 Å². The molecule has 0 unspecified atom stereocenters. The van der Waals surface area contributed by atoms with Crippen LogP contribution in [0.15, 0.2) is 65.7 Å². The molecule has 1 saturated carbocycles. The molecule has 0 atom stereocenters. The Balaban J connectivity index is 1.44. The number of amides is 2. The fraction of sp³-hybridized carbons (Fsp3) is 0.207. The highest BCUT2D eigenvalue weighted by Crippen LogP contribution is 2.47. The summed E-state index contributed by atoms with van der Waals surface area (Å²) in [7, 11) is 3.07. The number of allylic oxidation sites excluding steroid dienone is 1. The predicted octanol–water partition coefficient (Wildman–Crippen LogP) is 5.68. The molecule has 0 aliphatic heterocycles. The lowest BCUT2D eigenvalue weighted by molar-refractivity contribution is -0.131. The molecule has 0 aromatic heterocycles. The Bertz CT molecular complexity index is 1450. The molecule has 1 aliphatic rings. The quantitative estimate of drug-likeness (QED) is 0.175. The van der Waals surface area contributed by atoms with Crippen molar-refractivity contribution in [1.82, 2.24) is 0 Å². The minimum atomic E-state index is -1.24. The van der Waals surface area contributed by atoms with Gasteiger partial charge in [0.25, 0.3) is 0 Å². The number of anilines is 2. The number of nitrogens with one attached hydrogen (secondary N) is 2. The van der Waals surface area contributed by atoms with E-state index in [1.54, 1.807) is 42.5 Å². The van der Waals surface area contributed by atoms with Crippen LogP contribution < -0.4 is 24.8 Å². The molecule has 0 bridgehead atoms. The minimum absolute atomic E-state index is 0.198. The summed E-state index contributed by atoms with van der Waals surface area (Å²) in [6, 6.07) is 13.6. The molecule has 1 fully saturated rings. The second kappa shape index (κ2) is 11.3. The molecule has 3 aromatic rings. The van der Waals surface area contributed by atoms with Crippen molar-refractivity contribution in [2.75, 3.05) is 24.9 Å². The average molecular weight is 534 g/mol. The first-order valence-corrected chi connectivity index (χ1v) is 12.0. The van der Waals surface area contributed by atoms with Crippen molar-refractivity contribution in [2.24, 2.45) is 10.4 Å². The highest BCUT2D eigenvalue weighted by atomic mass is 19.1. The topological polar surface area (TPSA) is 118 Å². The van der Waals surface area contributed by atoms with Crippen LogP contribution in [0.3, 0.4) is 0 Å². The van der Waals surface area contributed by atoms with Gasteiger partial charge < -0.3 is 30.0 Å². The number of methoxy groups -OCH3 is 2. The van der Waals surface area contributed by atoms with Gasteiger partial charge in [-0.2, -0.15) is 0 Å². The van der Waals surface area contributed by atoms with Gasteiger partial charge in [-0.3, -0.25) is 14.6 Å². The van der Waals surface area contributed by atoms with Gasteiger partial charge >= 0.3 is 0 Å². The van der Waals surface area contributed by atoms with E-state index < -0.39 is 28.8 Å². The zero-order valence-electron chi connectivity index (χ0n) is 21.7. The Kier molecular flexibility index (Phi) is 7.85. The lowest BCUT2D eigenvalue weighted by Crippen LogP contribution is -2.35. The van der Waals surface area contributed by atoms with Gasteiger partial charge in [-0.25, -0.2) is 4.39 Å². The van der Waals surface area contributed by atoms with Crippen molar-refractivity contribution >= 4 is 41.4 Å². The van der Waals surface area contributed by atoms with Gasteiger partial charge in [0.1, 0.15) is 16.9 Å². The van der Waals surface area contributed by atoms with E-state index >= 15 is 0 Å². The number of benzene rings is 3. The first-order chi connectivity index (χ1) is 18.7. The van der Waals surface area contributed by atoms with Crippen LogP contribution in [0.25, 0.3) is 5.76 Å². The Labute approximate surface area is 224 Å². The number of nitrogens with zero attached hydrogens (tertiary/aromatic N) is 1. The van der Waals surface area contributed by atoms with Gasteiger partial charge in [0.05, 0.1) is 19.9 Å². The van der Waals surface area contributed by atoms with Crippen molar-refractivity contribution < 1.29 is 33.3 Å². The number of carbonyl (C=O) groups is 2. The monoisotopic (exact) mass is 533 g/mol. The zero-order chi connectivity index (χ0) is 28.2. The summed E-state index contributed by atoms with van der Waals surface area (Å²) >= 11 is 0. The summed E-state index contributed by atoms with van der Waals surface area (Å²) in [4.78, 5) is 29.8. The van der Waals surface area contributed by atoms with Crippen LogP contribution in [-0.4, -0.2) is 37.9 Å². The van der Waals surface area contributed by atoms with Gasteiger partial charge in [-0.1, -0.05) is 0 Å². The maximum Gasteiger partial charge on any atom is 0.240 e. The molecule has 9 nitrogen and oxygen atoms in total. The SMILES string of the molecule is C=Nc1cc(OC)c(OC)cc1/C(=C\C)Oc1ccc(NC(=O)C2(C(=O)Nc3ccc(F)c(O)c3)CC2)cc1. The van der Waals surface area contributed by atoms with E-state index in [0.29, 0.717) is 52.8 Å². The zero-order valence-corrected chi connectivity index (χ0v) is 21.7. The number of carbonyl (C=O) groups excluding carboxylic acids is 2. The number of rotatable bonds is 10. The number of ether oxygens (including phenoxy) is 3. The van der Waals surface area contributed by atoms with Crippen molar-refractivity contribution in [2.45, 2.75) is 19.8 Å². The molecule has 39 heavy (non-hydrogen) atoms. The molecule has 3 N–H and O–H groups in total. The fourth-order valence-electron chi connectivity index (χ4n) is 3.97. The molecule has 202 valence electrons. The smallest absolute Gasteiger partial charge is 0.240 e. The van der Waals surface area contributed by atoms with Crippen molar-refractivity contribution in [3.8, 4) is 23.0 Å². The summed E-state index contributed by atoms with van der Waals surface area (Å²) in [5, 5.41) is 14.9. The van der Waals surface area contributed by atoms with Crippen molar-refractivity contribution in [1.29, 1.82) is 0 Å². The van der Waals surface area contributed by atoms with Gasteiger partial charge in [-0.15, -0.1) is 0 Å². The number of phenols is 1. The maximum atomic E-state index is 13.3. The molecule has 0 spiro atoms. The van der Waals surface area contributed by atoms with Crippen LogP contribution in [0.2, 0.25) is 0 Å². The predicted molar refractivity (Wildman–Crippen MR) is 146 cm³/mol. The molecule has 1 aliphatic carbocycles. The highest BCUT2D eigenvalue weighted by molar-refractivity contribution is 6.16. The fourth-order valence-corrected chi connectivity index (χ4v) is 3.97. The van der Waals surface area contributed by atoms with Crippen molar-refractivity contribution in [3.63, 3.8) is 0 Å². The number of aromatic hydroxyl groups is 1. The normalized spacial score (nSPS) is 13.7. The Morgan fingerprint density at radius 1 is 0.974 bits per heavy atom. The van der Waals surface area contributed by atoms with Crippen LogP contribution >= 0.6 is 0 Å². The van der Waals surface area contributed by atoms with E-state index in [-0.39, 0.29) is 5.69 Å². The Morgan fingerprint density at radius 2 is 1.56 bits per heavy atom. The molecule has 2 amide bonds. The second-order valence-electron chi connectivity index (χ2n) is 8.82. The molecule has 10 heteroatoms. The van der Waals surface area contributed by atoms with E-state index in [0.717, 1.165) is 12.1 Å². The third kappa shape index (κ3) is 5.69. The molecular weight excluding hydrogens is 505 g/mol. The van der Waals surface area contributed by atoms with Gasteiger partial charge in [0.2, 0.25) is 11.8 Å². The third-order valence-electron chi connectivity index (χ3n) is 6.36. The van der Waals surface area contributed by atoms with E-state index in [2.05, 4.69) is 22.3 Å². The minimum Gasteiger partial charge on any atom is -0.505 e. The van der Waals surface area contributed by atoms with Crippen molar-refractivity contribution in [3.05, 3.63) is 72.1 Å². The number of phenolic OH excluding ortho intramolecular Hbond substituents is 1. The summed E-state index contributed by atoms with van der Waals surface area (Å²) in [6.07, 6.45) is 2.52. The highest BCUT2D eigenvalue weighted by Gasteiger charge is 2.56. The van der Waals surface area contributed by atoms with Crippen LogP contribution in [0, 0.1) is 11.2 Å². The van der Waals surface area contributed by atoms with Gasteiger partial charge in [-0.05, 0) is 75.0 Å². The molecule has 3 aromatic carbocycles. The number of hydrogen-bond donors (Lipinski definition) is 3. The lowest BCUT2D eigenvalue weighted by atomic mass is 10.0. The van der Waals surface area contributed by atoms with E-state index in [1.165, 1.54) is 20.3 Å². The average Bonchev–Trinajstić information content (AvgIpc) is 3.76. The molecule has 0 saturated heterocycles. The number of halogens is 1. The summed E-state index contributed by atoms with van der Waals surface area (Å²) in [5.74, 6) is -0.342. The van der Waals surface area contributed by atoms with Crippen LogP contribution in [-0.2, 0) is 9.59 Å². The molecular formula is C29H28FN3O6. The van der Waals surface area contributed by atoms with Gasteiger partial charge in [0, 0.05) is 29.1 Å². The summed E-state index contributed by atoms with van der Waals surface area (Å²) in [5.41, 5.74) is 0.641. The Morgan fingerprint density at radius 3 is 2.10 bits per heavy atom. The number of hydrogen-bond acceptors (Lipinski definition) is 7. The maximum absolute atomic E-state index is 13.3. The number of aliphatic imine (C=N–C) groups is 1. The summed E-state index contributed by atoms with van der Waals surface area (Å²) < 4.78 is 30.1. The van der Waals surface area contributed by atoms with Crippen LogP contribution in [0.4, 0.5) is 21.5 Å². The van der Waals surface area contributed by atoms with Gasteiger partial charge in [0.15, 0.2) is 23.1 Å². The molecule has 0 radical (unpaired) electrons. The van der Waals surface area contributed by atoms with Crippen LogP contribution in [0.5, 0.6) is 23.0 Å². The standard InChI is InChI=1S/C29H28FN3O6/c1-5-24(20-15-25(37-3)26(38-4)16-22(20)31-2)39-19-9-6-17(7-10-19)32-27(35)29(12-13-29)28(36)33-18-8-11-21(30)23(34)14-18/h5-11,14-16,34H,2,12-13H2,1,3-4H3,(H,32,35)(H,33,36)/b24-5+. The Hall–Kier alpha value is -4.86. The van der Waals surface area contributed by atoms with E-state index in [1.807, 2.05) is 6.92 Å². The first-order valence-electron chi connectivity index (χ1n) is 12.0.